The summed E-state index contributed by atoms with van der Waals surface area (Å²) < 4.78 is 10.7. The fourth-order valence-electron chi connectivity index (χ4n) is 2.29. The highest BCUT2D eigenvalue weighted by Gasteiger charge is 2.05. The molecule has 4 heteroatoms. The van der Waals surface area contributed by atoms with Gasteiger partial charge in [-0.05, 0) is 54.3 Å². The van der Waals surface area contributed by atoms with Gasteiger partial charge in [0.2, 0.25) is 5.91 Å². The van der Waals surface area contributed by atoms with Gasteiger partial charge in [-0.25, -0.2) is 0 Å². The molecule has 0 saturated carbocycles. The van der Waals surface area contributed by atoms with Crippen LogP contribution >= 0.6 is 0 Å². The van der Waals surface area contributed by atoms with Crippen molar-refractivity contribution in [1.82, 2.24) is 0 Å². The van der Waals surface area contributed by atoms with Crippen LogP contribution in [0.15, 0.2) is 48.5 Å². The average molecular weight is 327 g/mol. The Kier molecular flexibility index (Phi) is 6.67. The van der Waals surface area contributed by atoms with E-state index in [-0.39, 0.29) is 5.91 Å². The third kappa shape index (κ3) is 5.61. The molecule has 0 aliphatic carbocycles. The van der Waals surface area contributed by atoms with Gasteiger partial charge >= 0.3 is 0 Å². The quantitative estimate of drug-likeness (QED) is 0.720. The van der Waals surface area contributed by atoms with Crippen LogP contribution < -0.4 is 14.8 Å². The first-order chi connectivity index (χ1) is 11.6. The lowest BCUT2D eigenvalue weighted by Gasteiger charge is -2.10. The molecule has 0 heterocycles. The van der Waals surface area contributed by atoms with E-state index >= 15 is 0 Å². The van der Waals surface area contributed by atoms with Crippen LogP contribution in [0.1, 0.15) is 38.2 Å². The van der Waals surface area contributed by atoms with Crippen molar-refractivity contribution in [1.29, 1.82) is 0 Å². The van der Waals surface area contributed by atoms with Crippen molar-refractivity contribution in [2.75, 3.05) is 19.0 Å². The number of methoxy groups -OCH3 is 1. The Bertz CT molecular complexity index is 650. The van der Waals surface area contributed by atoms with E-state index in [1.807, 2.05) is 42.5 Å². The van der Waals surface area contributed by atoms with Crippen LogP contribution in [0.2, 0.25) is 0 Å². The highest BCUT2D eigenvalue weighted by Crippen LogP contribution is 2.19. The number of carbonyl (C=O) groups is 1. The first-order valence-electron chi connectivity index (χ1n) is 8.25. The van der Waals surface area contributed by atoms with Crippen LogP contribution in [-0.4, -0.2) is 19.6 Å². The zero-order valence-electron chi connectivity index (χ0n) is 14.5. The monoisotopic (exact) mass is 327 g/mol. The van der Waals surface area contributed by atoms with Gasteiger partial charge in [-0.2, -0.15) is 0 Å². The van der Waals surface area contributed by atoms with Crippen LogP contribution in [-0.2, 0) is 4.79 Å². The fraction of sp³-hybridized carbons (Fsp3) is 0.350. The Hall–Kier alpha value is -2.49. The second-order valence-electron chi connectivity index (χ2n) is 5.96. The van der Waals surface area contributed by atoms with Gasteiger partial charge in [0, 0.05) is 12.1 Å². The van der Waals surface area contributed by atoms with Gasteiger partial charge < -0.3 is 14.8 Å². The van der Waals surface area contributed by atoms with Gasteiger partial charge in [0.05, 0.1) is 13.7 Å². The third-order valence-electron chi connectivity index (χ3n) is 3.71. The molecule has 0 spiro atoms. The number of hydrogen-bond donors (Lipinski definition) is 1. The van der Waals surface area contributed by atoms with E-state index in [0.29, 0.717) is 25.4 Å². The molecule has 0 radical (unpaired) electrons. The predicted octanol–water partition coefficient (Wildman–Crippen LogP) is 4.62. The molecular formula is C20H25NO3. The maximum atomic E-state index is 12.0. The molecule has 1 amide bonds. The number of amides is 1. The van der Waals surface area contributed by atoms with Crippen molar-refractivity contribution in [3.63, 3.8) is 0 Å². The Balaban J connectivity index is 1.72. The smallest absolute Gasteiger partial charge is 0.224 e. The zero-order chi connectivity index (χ0) is 17.4. The minimum atomic E-state index is 0.00855. The Morgan fingerprint density at radius 1 is 1.08 bits per heavy atom. The van der Waals surface area contributed by atoms with Crippen molar-refractivity contribution in [2.24, 2.45) is 0 Å². The van der Waals surface area contributed by atoms with Crippen molar-refractivity contribution in [3.8, 4) is 11.5 Å². The molecule has 0 fully saturated rings. The van der Waals surface area contributed by atoms with E-state index in [9.17, 15) is 4.79 Å². The van der Waals surface area contributed by atoms with Gasteiger partial charge in [-0.1, -0.05) is 26.0 Å². The van der Waals surface area contributed by atoms with E-state index in [1.165, 1.54) is 5.56 Å². The van der Waals surface area contributed by atoms with Crippen LogP contribution in [0.4, 0.5) is 5.69 Å². The van der Waals surface area contributed by atoms with E-state index in [2.05, 4.69) is 25.2 Å². The van der Waals surface area contributed by atoms with E-state index < -0.39 is 0 Å². The van der Waals surface area contributed by atoms with E-state index in [4.69, 9.17) is 9.47 Å². The van der Waals surface area contributed by atoms with Crippen molar-refractivity contribution in [2.45, 2.75) is 32.6 Å². The molecule has 24 heavy (non-hydrogen) atoms. The normalized spacial score (nSPS) is 10.5. The summed E-state index contributed by atoms with van der Waals surface area (Å²) in [7, 11) is 1.63. The van der Waals surface area contributed by atoms with Crippen molar-refractivity contribution < 1.29 is 14.3 Å². The van der Waals surface area contributed by atoms with Crippen LogP contribution in [0.5, 0.6) is 11.5 Å². The lowest BCUT2D eigenvalue weighted by molar-refractivity contribution is -0.116. The number of rotatable bonds is 8. The highest BCUT2D eigenvalue weighted by atomic mass is 16.5. The largest absolute Gasteiger partial charge is 0.497 e. The molecular weight excluding hydrogens is 302 g/mol. The molecule has 2 rings (SSSR count). The Morgan fingerprint density at radius 3 is 2.46 bits per heavy atom. The Labute approximate surface area is 143 Å². The van der Waals surface area contributed by atoms with Crippen LogP contribution in [0.3, 0.4) is 0 Å². The topological polar surface area (TPSA) is 47.6 Å². The maximum Gasteiger partial charge on any atom is 0.224 e. The molecule has 0 unspecified atom stereocenters. The lowest BCUT2D eigenvalue weighted by Crippen LogP contribution is -2.13. The number of benzene rings is 2. The summed E-state index contributed by atoms with van der Waals surface area (Å²) in [6.07, 6.45) is 1.10. The number of nitrogens with one attached hydrogen (secondary N) is 1. The van der Waals surface area contributed by atoms with Gasteiger partial charge in [-0.3, -0.25) is 4.79 Å². The molecule has 0 aromatic heterocycles. The number of carbonyl (C=O) groups excluding carboxylic acids is 1. The molecule has 2 aromatic carbocycles. The average Bonchev–Trinajstić information content (AvgIpc) is 2.59. The number of hydrogen-bond acceptors (Lipinski definition) is 3. The number of anilines is 1. The third-order valence-corrected chi connectivity index (χ3v) is 3.71. The summed E-state index contributed by atoms with van der Waals surface area (Å²) in [5.74, 6) is 2.03. The second-order valence-corrected chi connectivity index (χ2v) is 5.96. The molecule has 4 nitrogen and oxygen atoms in total. The molecule has 1 N–H and O–H groups in total. The van der Waals surface area contributed by atoms with Gasteiger partial charge in [0.25, 0.3) is 0 Å². The summed E-state index contributed by atoms with van der Waals surface area (Å²) in [6.45, 7) is 4.78. The van der Waals surface area contributed by atoms with Gasteiger partial charge in [-0.15, -0.1) is 0 Å². The van der Waals surface area contributed by atoms with Crippen LogP contribution in [0.25, 0.3) is 0 Å². The molecule has 0 aliphatic heterocycles. The van der Waals surface area contributed by atoms with Crippen LogP contribution in [0, 0.1) is 0 Å². The minimum Gasteiger partial charge on any atom is -0.497 e. The summed E-state index contributed by atoms with van der Waals surface area (Å²) >= 11 is 0. The fourth-order valence-corrected chi connectivity index (χ4v) is 2.29. The van der Waals surface area contributed by atoms with Crippen molar-refractivity contribution >= 4 is 11.6 Å². The summed E-state index contributed by atoms with van der Waals surface area (Å²) in [6, 6.07) is 15.4. The summed E-state index contributed by atoms with van der Waals surface area (Å²) in [4.78, 5) is 12.0. The molecule has 0 atom stereocenters. The predicted molar refractivity (Wildman–Crippen MR) is 96.9 cm³/mol. The van der Waals surface area contributed by atoms with Gasteiger partial charge in [0.15, 0.2) is 0 Å². The molecule has 0 bridgehead atoms. The first kappa shape index (κ1) is 17.9. The molecule has 128 valence electrons. The SMILES string of the molecule is COc1ccc(OCCCC(=O)Nc2cccc(C(C)C)c2)cc1. The molecule has 0 aliphatic rings. The highest BCUT2D eigenvalue weighted by molar-refractivity contribution is 5.90. The van der Waals surface area contributed by atoms with Gasteiger partial charge in [0.1, 0.15) is 11.5 Å². The maximum absolute atomic E-state index is 12.0. The molecule has 0 saturated heterocycles. The van der Waals surface area contributed by atoms with E-state index in [0.717, 1.165) is 17.2 Å². The molecule has 2 aromatic rings. The zero-order valence-corrected chi connectivity index (χ0v) is 14.5. The summed E-state index contributed by atoms with van der Waals surface area (Å²) in [5.41, 5.74) is 2.07. The second kappa shape index (κ2) is 8.96. The first-order valence-corrected chi connectivity index (χ1v) is 8.25. The Morgan fingerprint density at radius 2 is 1.79 bits per heavy atom. The summed E-state index contributed by atoms with van der Waals surface area (Å²) in [5, 5.41) is 2.94. The van der Waals surface area contributed by atoms with Crippen molar-refractivity contribution in [3.05, 3.63) is 54.1 Å². The standard InChI is InChI=1S/C20H25NO3/c1-15(2)16-6-4-7-17(14-16)21-20(22)8-5-13-24-19-11-9-18(23-3)10-12-19/h4,6-7,9-12,14-15H,5,8,13H2,1-3H3,(H,21,22). The minimum absolute atomic E-state index is 0.00855. The number of ether oxygens (including phenoxy) is 2. The van der Waals surface area contributed by atoms with E-state index in [1.54, 1.807) is 7.11 Å². The lowest BCUT2D eigenvalue weighted by atomic mass is 10.0.